The number of fused-ring (bicyclic) bond motifs is 6. The molecule has 0 radical (unpaired) electrons. The fraction of sp³-hybridized carbons (Fsp3) is 0.781. The summed E-state index contributed by atoms with van der Waals surface area (Å²) in [5, 5.41) is 8.25. The third-order valence-corrected chi connectivity index (χ3v) is 16.3. The van der Waals surface area contributed by atoms with E-state index in [1.807, 2.05) is 126 Å². The third kappa shape index (κ3) is 24.1. The molecule has 9 nitrogen and oxygen atoms in total. The minimum atomic E-state index is 0.823. The van der Waals surface area contributed by atoms with E-state index in [9.17, 15) is 0 Å². The minimum Gasteiger partial charge on any atom is -0.360 e. The highest BCUT2D eigenvalue weighted by Gasteiger charge is 2.36. The lowest BCUT2D eigenvalue weighted by molar-refractivity contribution is 0.123. The first-order chi connectivity index (χ1) is 36.0. The lowest BCUT2D eigenvalue weighted by Crippen LogP contribution is -2.46. The van der Waals surface area contributed by atoms with Crippen molar-refractivity contribution in [3.8, 4) is 0 Å². The monoisotopic (exact) mass is 1020 g/mol. The minimum absolute atomic E-state index is 0.823. The summed E-state index contributed by atoms with van der Waals surface area (Å²) in [6.07, 6.45) is 32.3. The van der Waals surface area contributed by atoms with Crippen LogP contribution in [0.5, 0.6) is 0 Å². The lowest BCUT2D eigenvalue weighted by atomic mass is 9.89. The van der Waals surface area contributed by atoms with Crippen molar-refractivity contribution in [3.05, 3.63) is 66.4 Å². The van der Waals surface area contributed by atoms with Gasteiger partial charge in [0.2, 0.25) is 0 Å². The lowest BCUT2D eigenvalue weighted by Gasteiger charge is -2.36. The topological polar surface area (TPSA) is 78.6 Å². The number of nitrogens with zero attached hydrogens (tertiary/aromatic N) is 6. The van der Waals surface area contributed by atoms with Gasteiger partial charge in [-0.15, -0.1) is 0 Å². The number of rotatable bonds is 3. The molecule has 3 aromatic rings. The second kappa shape index (κ2) is 43.4. The molecule has 0 amide bonds. The number of hydrogen-bond acceptors (Lipinski definition) is 8. The highest BCUT2D eigenvalue weighted by atomic mass is 15.2. The SMILES string of the molecule is C1=Cc2ccncc2C1.C1CC2CCNCC2C1.CC.CC.CC.CC.CC.CC.CCN1CCC2CCCC2C1.CCN1CCC2CCN(C)C2C1.CCN1CCC2CCNC2C1.c1cc2cc[nH]c2cn1. The van der Waals surface area contributed by atoms with Crippen LogP contribution in [-0.4, -0.2) is 139 Å². The van der Waals surface area contributed by atoms with Gasteiger partial charge in [-0.2, -0.15) is 0 Å². The van der Waals surface area contributed by atoms with Crippen LogP contribution in [0.2, 0.25) is 0 Å². The Hall–Kier alpha value is -2.66. The predicted octanol–water partition coefficient (Wildman–Crippen LogP) is 14.6. The maximum atomic E-state index is 4.02. The summed E-state index contributed by atoms with van der Waals surface area (Å²) in [6, 6.07) is 7.74. The van der Waals surface area contributed by atoms with E-state index in [2.05, 4.69) is 85.2 Å². The Kier molecular flexibility index (Phi) is 40.7. The Morgan fingerprint density at radius 2 is 1.08 bits per heavy atom. The second-order valence-electron chi connectivity index (χ2n) is 19.8. The molecular formula is C64H121N9. The maximum Gasteiger partial charge on any atom is 0.0640 e. The molecule has 3 aliphatic carbocycles. The van der Waals surface area contributed by atoms with Crippen LogP contribution in [0.1, 0.15) is 192 Å². The fourth-order valence-corrected chi connectivity index (χ4v) is 12.2. The van der Waals surface area contributed by atoms with Gasteiger partial charge >= 0.3 is 0 Å². The molecule has 6 saturated heterocycles. The number of likely N-dealkylation sites (N-methyl/N-ethyl adjacent to an activating group) is 3. The van der Waals surface area contributed by atoms with Crippen molar-refractivity contribution >= 4 is 17.0 Å². The van der Waals surface area contributed by atoms with E-state index in [4.69, 9.17) is 0 Å². The van der Waals surface area contributed by atoms with E-state index in [1.54, 1.807) is 6.20 Å². The number of aromatic nitrogens is 3. The number of piperidine rings is 4. The summed E-state index contributed by atoms with van der Waals surface area (Å²) in [7, 11) is 2.28. The van der Waals surface area contributed by atoms with Crippen molar-refractivity contribution in [1.29, 1.82) is 0 Å². The van der Waals surface area contributed by atoms with Crippen molar-refractivity contribution in [2.24, 2.45) is 35.5 Å². The molecule has 422 valence electrons. The van der Waals surface area contributed by atoms with Crippen LogP contribution in [0.3, 0.4) is 0 Å². The second-order valence-corrected chi connectivity index (χ2v) is 19.8. The summed E-state index contributed by atoms with van der Waals surface area (Å²) in [6.45, 7) is 47.8. The fourth-order valence-electron chi connectivity index (χ4n) is 12.2. The number of allylic oxidation sites excluding steroid dienone is 1. The number of pyridine rings is 2. The summed E-state index contributed by atoms with van der Waals surface area (Å²) >= 11 is 0. The van der Waals surface area contributed by atoms with E-state index in [0.717, 1.165) is 59.5 Å². The number of H-pyrrole nitrogens is 1. The van der Waals surface area contributed by atoms with Crippen LogP contribution in [0.25, 0.3) is 17.0 Å². The molecule has 8 unspecified atom stereocenters. The Bertz CT molecular complexity index is 1640. The zero-order valence-corrected chi connectivity index (χ0v) is 51.0. The molecule has 9 heteroatoms. The van der Waals surface area contributed by atoms with Crippen LogP contribution in [-0.2, 0) is 6.42 Å². The summed E-state index contributed by atoms with van der Waals surface area (Å²) in [5.41, 5.74) is 3.76. The van der Waals surface area contributed by atoms with Crippen LogP contribution in [0.15, 0.2) is 55.3 Å². The molecule has 8 fully saturated rings. The van der Waals surface area contributed by atoms with E-state index >= 15 is 0 Å². The van der Waals surface area contributed by atoms with Gasteiger partial charge in [0.25, 0.3) is 0 Å². The van der Waals surface area contributed by atoms with Gasteiger partial charge < -0.3 is 35.2 Å². The first-order valence-corrected chi connectivity index (χ1v) is 31.3. The molecular weight excluding hydrogens is 895 g/mol. The molecule has 0 bridgehead atoms. The summed E-state index contributed by atoms with van der Waals surface area (Å²) in [5.74, 6) is 6.35. The highest BCUT2D eigenvalue weighted by molar-refractivity contribution is 5.77. The van der Waals surface area contributed by atoms with Gasteiger partial charge in [-0.1, -0.05) is 142 Å². The average molecular weight is 1020 g/mol. The van der Waals surface area contributed by atoms with Gasteiger partial charge in [-0.3, -0.25) is 9.97 Å². The highest BCUT2D eigenvalue weighted by Crippen LogP contribution is 2.38. The van der Waals surface area contributed by atoms with E-state index < -0.39 is 0 Å². The molecule has 6 aliphatic heterocycles. The van der Waals surface area contributed by atoms with Crippen molar-refractivity contribution < 1.29 is 0 Å². The predicted molar refractivity (Wildman–Crippen MR) is 325 cm³/mol. The average Bonchev–Trinajstić information content (AvgIpc) is 4.37. The molecule has 9 aliphatic rings. The third-order valence-electron chi connectivity index (χ3n) is 16.3. The molecule has 8 atom stereocenters. The number of hydrogen-bond donors (Lipinski definition) is 3. The number of aromatic amines is 1. The molecule has 73 heavy (non-hydrogen) atoms. The zero-order valence-electron chi connectivity index (χ0n) is 51.0. The molecule has 3 aromatic heterocycles. The van der Waals surface area contributed by atoms with Crippen molar-refractivity contribution in [3.63, 3.8) is 0 Å². The van der Waals surface area contributed by atoms with Crippen LogP contribution >= 0.6 is 0 Å². The standard InChI is InChI=1S/C10H20N2.C10H19N.C9H18N2.C8H15N.C8H7N.C7H6N2.6C2H6/c1-3-12-7-5-9-4-6-11(2)10(9)8-12;1-2-11-7-6-9-4-3-5-10(9)8-11;1-2-11-6-4-8-3-5-10-9(8)7-11;2*1-2-7-4-5-9-6-8(7)3-1;1-3-8-5-7-6(1)2-4-9-7;6*1-2/h9-10H,3-8H2,1-2H3;9-10H,2-8H2,1H3;8-10H,2-7H2,1H3;7-9H,1-6H2;1-2,4-6H,3H2;1-5,9H;6*1-2H3. The van der Waals surface area contributed by atoms with Gasteiger partial charge in [-0.05, 0) is 195 Å². The molecule has 0 spiro atoms. The van der Waals surface area contributed by atoms with Gasteiger partial charge in [0, 0.05) is 61.9 Å². The maximum absolute atomic E-state index is 4.02. The Balaban J connectivity index is 0.000000421. The van der Waals surface area contributed by atoms with Crippen LogP contribution in [0.4, 0.5) is 0 Å². The van der Waals surface area contributed by atoms with Gasteiger partial charge in [0.15, 0.2) is 0 Å². The van der Waals surface area contributed by atoms with E-state index in [1.165, 1.54) is 179 Å². The molecule has 9 heterocycles. The smallest absolute Gasteiger partial charge is 0.0640 e. The van der Waals surface area contributed by atoms with Gasteiger partial charge in [-0.25, -0.2) is 0 Å². The van der Waals surface area contributed by atoms with Crippen LogP contribution < -0.4 is 10.6 Å². The van der Waals surface area contributed by atoms with Crippen molar-refractivity contribution in [2.45, 2.75) is 199 Å². The first kappa shape index (κ1) is 68.4. The first-order valence-electron chi connectivity index (χ1n) is 31.3. The quantitative estimate of drug-likeness (QED) is 0.240. The zero-order chi connectivity index (χ0) is 54.2. The Morgan fingerprint density at radius 3 is 1.73 bits per heavy atom. The van der Waals surface area contributed by atoms with Crippen molar-refractivity contribution in [1.82, 2.24) is 45.2 Å². The Labute approximate surface area is 453 Å². The van der Waals surface area contributed by atoms with Crippen LogP contribution in [0, 0.1) is 35.5 Å². The number of nitrogens with one attached hydrogen (secondary N) is 3. The largest absolute Gasteiger partial charge is 0.360 e. The van der Waals surface area contributed by atoms with Gasteiger partial charge in [0.05, 0.1) is 11.7 Å². The van der Waals surface area contributed by atoms with Gasteiger partial charge in [0.1, 0.15) is 0 Å². The van der Waals surface area contributed by atoms with E-state index in [-0.39, 0.29) is 0 Å². The normalized spacial score (nSPS) is 26.8. The van der Waals surface area contributed by atoms with E-state index in [0.29, 0.717) is 0 Å². The molecule has 2 saturated carbocycles. The summed E-state index contributed by atoms with van der Waals surface area (Å²) < 4.78 is 0. The summed E-state index contributed by atoms with van der Waals surface area (Å²) in [4.78, 5) is 21.3. The number of likely N-dealkylation sites (tertiary alicyclic amines) is 4. The molecule has 12 rings (SSSR count). The van der Waals surface area contributed by atoms with Crippen molar-refractivity contribution in [2.75, 3.05) is 92.1 Å². The molecule has 3 N–H and O–H groups in total. The Morgan fingerprint density at radius 1 is 0.534 bits per heavy atom. The molecule has 0 aromatic carbocycles.